The first kappa shape index (κ1) is 31.3. The summed E-state index contributed by atoms with van der Waals surface area (Å²) in [5.41, 5.74) is -0.523. The van der Waals surface area contributed by atoms with E-state index in [0.29, 0.717) is 28.7 Å². The zero-order valence-electron chi connectivity index (χ0n) is 20.5. The SMILES string of the molecule is O=C(Nc1ccc(C(F)(F)F)cc1)N(COCc1ccccc1)c1nc(OCC(F)(F)F)cc(OCC(F)(F)F)n1. The molecule has 0 bridgehead atoms. The average Bonchev–Trinajstić information content (AvgIpc) is 2.88. The summed E-state index contributed by atoms with van der Waals surface area (Å²) < 4.78 is 129. The Bertz CT molecular complexity index is 1250. The van der Waals surface area contributed by atoms with Crippen LogP contribution in [-0.4, -0.2) is 48.3 Å². The van der Waals surface area contributed by atoms with E-state index in [4.69, 9.17) is 4.74 Å². The lowest BCUT2D eigenvalue weighted by Gasteiger charge is -2.22. The summed E-state index contributed by atoms with van der Waals surface area (Å²) in [6, 6.07) is 11.0. The zero-order chi connectivity index (χ0) is 30.3. The van der Waals surface area contributed by atoms with E-state index in [2.05, 4.69) is 24.8 Å². The second-order valence-corrected chi connectivity index (χ2v) is 8.05. The molecule has 0 atom stereocenters. The molecule has 17 heteroatoms. The molecule has 0 aliphatic carbocycles. The molecule has 2 aromatic carbocycles. The predicted molar refractivity (Wildman–Crippen MR) is 124 cm³/mol. The van der Waals surface area contributed by atoms with Gasteiger partial charge in [0, 0.05) is 5.69 Å². The van der Waals surface area contributed by atoms with Crippen LogP contribution in [-0.2, 0) is 17.5 Å². The lowest BCUT2D eigenvalue weighted by Crippen LogP contribution is -2.38. The van der Waals surface area contributed by atoms with Crippen LogP contribution < -0.4 is 19.7 Å². The molecule has 41 heavy (non-hydrogen) atoms. The van der Waals surface area contributed by atoms with Crippen molar-refractivity contribution in [3.8, 4) is 11.8 Å². The van der Waals surface area contributed by atoms with Crippen molar-refractivity contribution in [1.29, 1.82) is 0 Å². The van der Waals surface area contributed by atoms with Gasteiger partial charge in [-0.2, -0.15) is 49.5 Å². The van der Waals surface area contributed by atoms with Gasteiger partial charge in [-0.25, -0.2) is 9.69 Å². The van der Waals surface area contributed by atoms with Crippen LogP contribution in [0.2, 0.25) is 0 Å². The summed E-state index contributed by atoms with van der Waals surface area (Å²) in [6.45, 7) is -4.58. The summed E-state index contributed by atoms with van der Waals surface area (Å²) in [5.74, 6) is -2.57. The molecule has 1 aromatic heterocycles. The number of anilines is 2. The van der Waals surface area contributed by atoms with E-state index >= 15 is 0 Å². The Labute approximate surface area is 225 Å². The molecule has 0 radical (unpaired) electrons. The lowest BCUT2D eigenvalue weighted by molar-refractivity contribution is -0.154. The highest BCUT2D eigenvalue weighted by Crippen LogP contribution is 2.30. The number of rotatable bonds is 10. The lowest BCUT2D eigenvalue weighted by atomic mass is 10.2. The molecule has 0 unspecified atom stereocenters. The van der Waals surface area contributed by atoms with Crippen LogP contribution >= 0.6 is 0 Å². The normalized spacial score (nSPS) is 12.1. The van der Waals surface area contributed by atoms with Gasteiger partial charge < -0.3 is 19.5 Å². The minimum atomic E-state index is -4.85. The van der Waals surface area contributed by atoms with Gasteiger partial charge in [0.05, 0.1) is 18.2 Å². The highest BCUT2D eigenvalue weighted by Gasteiger charge is 2.32. The molecule has 1 heterocycles. The second-order valence-electron chi connectivity index (χ2n) is 8.05. The van der Waals surface area contributed by atoms with Crippen LogP contribution in [0.15, 0.2) is 60.7 Å². The van der Waals surface area contributed by atoms with E-state index in [0.717, 1.165) is 12.1 Å². The predicted octanol–water partition coefficient (Wildman–Crippen LogP) is 6.59. The van der Waals surface area contributed by atoms with E-state index in [-0.39, 0.29) is 12.3 Å². The van der Waals surface area contributed by atoms with E-state index < -0.39 is 67.8 Å². The fourth-order valence-electron chi connectivity index (χ4n) is 2.94. The molecule has 2 amide bonds. The second kappa shape index (κ2) is 12.9. The van der Waals surface area contributed by atoms with Gasteiger partial charge in [-0.05, 0) is 29.8 Å². The number of amides is 2. The number of hydrogen-bond donors (Lipinski definition) is 1. The number of nitrogens with zero attached hydrogens (tertiary/aromatic N) is 3. The van der Waals surface area contributed by atoms with Gasteiger partial charge >= 0.3 is 24.6 Å². The van der Waals surface area contributed by atoms with Gasteiger partial charge in [0.2, 0.25) is 17.7 Å². The van der Waals surface area contributed by atoms with E-state index in [1.54, 1.807) is 30.3 Å². The van der Waals surface area contributed by atoms with Crippen molar-refractivity contribution in [2.45, 2.75) is 25.1 Å². The van der Waals surface area contributed by atoms with Gasteiger partial charge in [0.15, 0.2) is 13.2 Å². The van der Waals surface area contributed by atoms with Crippen LogP contribution in [0.3, 0.4) is 0 Å². The third kappa shape index (κ3) is 10.7. The monoisotopic (exact) mass is 598 g/mol. The number of hydrogen-bond acceptors (Lipinski definition) is 6. The molecular weight excluding hydrogens is 579 g/mol. The Morgan fingerprint density at radius 2 is 1.32 bits per heavy atom. The van der Waals surface area contributed by atoms with Crippen LogP contribution in [0.25, 0.3) is 0 Å². The van der Waals surface area contributed by atoms with Crippen molar-refractivity contribution in [2.75, 3.05) is 30.2 Å². The Morgan fingerprint density at radius 3 is 1.80 bits per heavy atom. The topological polar surface area (TPSA) is 85.8 Å². The van der Waals surface area contributed by atoms with Crippen LogP contribution in [0.4, 0.5) is 55.9 Å². The first-order valence-electron chi connectivity index (χ1n) is 11.2. The molecule has 8 nitrogen and oxygen atoms in total. The summed E-state index contributed by atoms with van der Waals surface area (Å²) in [4.78, 5) is 21.0. The maximum Gasteiger partial charge on any atom is 0.422 e. The summed E-state index contributed by atoms with van der Waals surface area (Å²) in [6.07, 6.45) is -14.4. The molecule has 0 spiro atoms. The minimum absolute atomic E-state index is 0.105. The molecule has 222 valence electrons. The van der Waals surface area contributed by atoms with Crippen molar-refractivity contribution < 1.29 is 58.5 Å². The molecule has 0 saturated carbocycles. The van der Waals surface area contributed by atoms with Gasteiger partial charge in [0.25, 0.3) is 0 Å². The molecule has 0 aliphatic rings. The molecule has 3 aromatic rings. The van der Waals surface area contributed by atoms with E-state index in [9.17, 15) is 44.3 Å². The number of alkyl halides is 9. The van der Waals surface area contributed by atoms with E-state index in [1.807, 2.05) is 0 Å². The van der Waals surface area contributed by atoms with Crippen LogP contribution in [0.5, 0.6) is 11.8 Å². The number of benzene rings is 2. The maximum atomic E-state index is 13.1. The number of carbonyl (C=O) groups is 1. The zero-order valence-corrected chi connectivity index (χ0v) is 20.5. The summed E-state index contributed by atoms with van der Waals surface area (Å²) in [7, 11) is 0. The Kier molecular flexibility index (Phi) is 9.85. The highest BCUT2D eigenvalue weighted by atomic mass is 19.4. The number of aromatic nitrogens is 2. The molecule has 3 rings (SSSR count). The van der Waals surface area contributed by atoms with Gasteiger partial charge in [0.1, 0.15) is 6.73 Å². The van der Waals surface area contributed by atoms with Crippen molar-refractivity contribution in [3.05, 3.63) is 71.8 Å². The summed E-state index contributed by atoms with van der Waals surface area (Å²) in [5, 5.41) is 2.24. The maximum absolute atomic E-state index is 13.1. The number of carbonyl (C=O) groups excluding carboxylic acids is 1. The molecule has 0 saturated heterocycles. The third-order valence-electron chi connectivity index (χ3n) is 4.72. The quantitative estimate of drug-likeness (QED) is 0.209. The van der Waals surface area contributed by atoms with Crippen molar-refractivity contribution in [2.24, 2.45) is 0 Å². The minimum Gasteiger partial charge on any atom is -0.468 e. The fourth-order valence-corrected chi connectivity index (χ4v) is 2.94. The van der Waals surface area contributed by atoms with Crippen molar-refractivity contribution in [1.82, 2.24) is 9.97 Å². The van der Waals surface area contributed by atoms with Crippen molar-refractivity contribution >= 4 is 17.7 Å². The molecule has 0 fully saturated rings. The third-order valence-corrected chi connectivity index (χ3v) is 4.72. The van der Waals surface area contributed by atoms with Gasteiger partial charge in [-0.3, -0.25) is 0 Å². The number of urea groups is 1. The van der Waals surface area contributed by atoms with Gasteiger partial charge in [-0.15, -0.1) is 0 Å². The average molecular weight is 598 g/mol. The first-order chi connectivity index (χ1) is 19.1. The smallest absolute Gasteiger partial charge is 0.422 e. The molecule has 1 N–H and O–H groups in total. The fraction of sp³-hybridized carbons (Fsp3) is 0.292. The largest absolute Gasteiger partial charge is 0.468 e. The van der Waals surface area contributed by atoms with Gasteiger partial charge in [-0.1, -0.05) is 30.3 Å². The number of ether oxygens (including phenoxy) is 3. The molecular formula is C24H19F9N4O4. The Morgan fingerprint density at radius 1 is 0.780 bits per heavy atom. The van der Waals surface area contributed by atoms with Crippen LogP contribution in [0.1, 0.15) is 11.1 Å². The Hall–Kier alpha value is -4.28. The standard InChI is InChI=1S/C24H19F9N4O4/c25-22(26,27)12-40-18-10-19(41-13-23(28,29)30)36-20(35-18)37(14-39-11-15-4-2-1-3-5-15)21(38)34-17-8-6-16(7-9-17)24(31,32)33/h1-10H,11-14H2,(H,34,38). The first-order valence-corrected chi connectivity index (χ1v) is 11.2. The number of nitrogens with one attached hydrogen (secondary N) is 1. The van der Waals surface area contributed by atoms with Crippen LogP contribution in [0, 0.1) is 0 Å². The molecule has 0 aliphatic heterocycles. The summed E-state index contributed by atoms with van der Waals surface area (Å²) >= 11 is 0. The Balaban J connectivity index is 1.92. The van der Waals surface area contributed by atoms with E-state index in [1.165, 1.54) is 0 Å². The van der Waals surface area contributed by atoms with Crippen molar-refractivity contribution in [3.63, 3.8) is 0 Å². The highest BCUT2D eigenvalue weighted by molar-refractivity contribution is 6.00. The number of halogens is 9.